The summed E-state index contributed by atoms with van der Waals surface area (Å²) in [4.78, 5) is 22.8. The predicted octanol–water partition coefficient (Wildman–Crippen LogP) is 2.13. The van der Waals surface area contributed by atoms with Crippen molar-refractivity contribution in [3.63, 3.8) is 0 Å². The van der Waals surface area contributed by atoms with Gasteiger partial charge in [-0.3, -0.25) is 4.79 Å². The van der Waals surface area contributed by atoms with Crippen molar-refractivity contribution in [1.29, 1.82) is 0 Å². The van der Waals surface area contributed by atoms with Gasteiger partial charge in [-0.1, -0.05) is 20.3 Å². The van der Waals surface area contributed by atoms with Gasteiger partial charge >= 0.3 is 5.97 Å². The molecule has 0 bridgehead atoms. The number of carboxylic acids is 1. The molecule has 1 aromatic rings. The minimum Gasteiger partial charge on any atom is -0.477 e. The molecule has 2 N–H and O–H groups in total. The second kappa shape index (κ2) is 6.97. The van der Waals surface area contributed by atoms with Crippen LogP contribution >= 0.6 is 0 Å². The normalized spacial score (nSPS) is 13.8. The lowest BCUT2D eigenvalue weighted by molar-refractivity contribution is -0.122. The van der Waals surface area contributed by atoms with Gasteiger partial charge in [0, 0.05) is 12.2 Å². The average molecular weight is 266 g/mol. The highest BCUT2D eigenvalue weighted by Gasteiger charge is 2.14. The van der Waals surface area contributed by atoms with E-state index in [9.17, 15) is 9.59 Å². The van der Waals surface area contributed by atoms with E-state index in [1.54, 1.807) is 12.3 Å². The third-order valence-corrected chi connectivity index (χ3v) is 3.22. The van der Waals surface area contributed by atoms with Gasteiger partial charge in [-0.2, -0.15) is 0 Å². The van der Waals surface area contributed by atoms with Crippen molar-refractivity contribution >= 4 is 11.9 Å². The molecule has 0 aliphatic heterocycles. The van der Waals surface area contributed by atoms with Crippen molar-refractivity contribution in [3.8, 4) is 0 Å². The predicted molar refractivity (Wildman–Crippen MR) is 73.1 cm³/mol. The van der Waals surface area contributed by atoms with Gasteiger partial charge < -0.3 is 15.0 Å². The fraction of sp³-hybridized carbons (Fsp3) is 0.571. The van der Waals surface area contributed by atoms with Gasteiger partial charge in [-0.05, 0) is 31.4 Å². The zero-order chi connectivity index (χ0) is 14.4. The number of aromatic nitrogens is 1. The molecular weight excluding hydrogens is 244 g/mol. The van der Waals surface area contributed by atoms with E-state index in [0.717, 1.165) is 12.8 Å². The Kier molecular flexibility index (Phi) is 5.60. The number of amides is 1. The van der Waals surface area contributed by atoms with E-state index >= 15 is 0 Å². The standard InChI is InChI=1S/C14H22N2O3/c1-4-10(2)8-11(3)15-13(17)9-16-7-5-6-12(16)14(18)19/h5-7,10-11H,4,8-9H2,1-3H3,(H,15,17)(H,18,19). The highest BCUT2D eigenvalue weighted by Crippen LogP contribution is 2.09. The highest BCUT2D eigenvalue weighted by atomic mass is 16.4. The average Bonchev–Trinajstić information content (AvgIpc) is 2.76. The maximum Gasteiger partial charge on any atom is 0.352 e. The molecule has 106 valence electrons. The number of carbonyl (C=O) groups excluding carboxylic acids is 1. The molecular formula is C14H22N2O3. The molecule has 0 saturated carbocycles. The zero-order valence-corrected chi connectivity index (χ0v) is 11.7. The molecule has 0 radical (unpaired) electrons. The Hall–Kier alpha value is -1.78. The SMILES string of the molecule is CCC(C)CC(C)NC(=O)Cn1cccc1C(=O)O. The Morgan fingerprint density at radius 2 is 2.11 bits per heavy atom. The van der Waals surface area contributed by atoms with Crippen LogP contribution in [0.2, 0.25) is 0 Å². The van der Waals surface area contributed by atoms with Gasteiger partial charge in [-0.25, -0.2) is 4.79 Å². The Balaban J connectivity index is 2.51. The highest BCUT2D eigenvalue weighted by molar-refractivity contribution is 5.86. The lowest BCUT2D eigenvalue weighted by Crippen LogP contribution is -2.36. The van der Waals surface area contributed by atoms with E-state index in [4.69, 9.17) is 5.11 Å². The number of hydrogen-bond donors (Lipinski definition) is 2. The molecule has 1 heterocycles. The molecule has 0 fully saturated rings. The van der Waals surface area contributed by atoms with Crippen LogP contribution in [-0.4, -0.2) is 27.6 Å². The molecule has 1 aromatic heterocycles. The van der Waals surface area contributed by atoms with Gasteiger partial charge in [0.1, 0.15) is 12.2 Å². The molecule has 0 aromatic carbocycles. The number of carbonyl (C=O) groups is 2. The number of rotatable bonds is 7. The monoisotopic (exact) mass is 266 g/mol. The Morgan fingerprint density at radius 1 is 1.42 bits per heavy atom. The minimum atomic E-state index is -1.02. The molecule has 2 atom stereocenters. The van der Waals surface area contributed by atoms with Crippen molar-refractivity contribution in [1.82, 2.24) is 9.88 Å². The fourth-order valence-electron chi connectivity index (χ4n) is 2.05. The number of aromatic carboxylic acids is 1. The van der Waals surface area contributed by atoms with E-state index in [1.807, 2.05) is 6.92 Å². The summed E-state index contributed by atoms with van der Waals surface area (Å²) in [6, 6.07) is 3.21. The summed E-state index contributed by atoms with van der Waals surface area (Å²) in [6.45, 7) is 6.28. The van der Waals surface area contributed by atoms with Crippen LogP contribution in [0.25, 0.3) is 0 Å². The molecule has 19 heavy (non-hydrogen) atoms. The Labute approximate surface area is 113 Å². The summed E-state index contributed by atoms with van der Waals surface area (Å²) in [5.74, 6) is -0.614. The van der Waals surface area contributed by atoms with E-state index in [1.165, 1.54) is 10.6 Å². The molecule has 0 aliphatic carbocycles. The first-order valence-corrected chi connectivity index (χ1v) is 6.61. The van der Waals surface area contributed by atoms with Crippen molar-refractivity contribution in [2.75, 3.05) is 0 Å². The van der Waals surface area contributed by atoms with Gasteiger partial charge in [0.25, 0.3) is 0 Å². The van der Waals surface area contributed by atoms with Gasteiger partial charge in [0.15, 0.2) is 0 Å². The summed E-state index contributed by atoms with van der Waals surface area (Å²) < 4.78 is 1.44. The van der Waals surface area contributed by atoms with Crippen molar-refractivity contribution in [3.05, 3.63) is 24.0 Å². The molecule has 0 saturated heterocycles. The first kappa shape index (κ1) is 15.3. The van der Waals surface area contributed by atoms with E-state index in [-0.39, 0.29) is 24.2 Å². The maximum atomic E-state index is 11.8. The van der Waals surface area contributed by atoms with Crippen LogP contribution in [0.15, 0.2) is 18.3 Å². The fourth-order valence-corrected chi connectivity index (χ4v) is 2.05. The van der Waals surface area contributed by atoms with Crippen LogP contribution in [0.5, 0.6) is 0 Å². The van der Waals surface area contributed by atoms with Crippen molar-refractivity contribution < 1.29 is 14.7 Å². The molecule has 2 unspecified atom stereocenters. The molecule has 5 heteroatoms. The number of nitrogens with one attached hydrogen (secondary N) is 1. The number of hydrogen-bond acceptors (Lipinski definition) is 2. The Morgan fingerprint density at radius 3 is 2.68 bits per heavy atom. The molecule has 0 spiro atoms. The summed E-state index contributed by atoms with van der Waals surface area (Å²) in [5, 5.41) is 11.8. The minimum absolute atomic E-state index is 0.0412. The van der Waals surface area contributed by atoms with Gasteiger partial charge in [0.05, 0.1) is 0 Å². The van der Waals surface area contributed by atoms with Gasteiger partial charge in [-0.15, -0.1) is 0 Å². The summed E-state index contributed by atoms with van der Waals surface area (Å²) in [6.07, 6.45) is 3.61. The third-order valence-electron chi connectivity index (χ3n) is 3.22. The smallest absolute Gasteiger partial charge is 0.352 e. The second-order valence-electron chi connectivity index (χ2n) is 5.04. The lowest BCUT2D eigenvalue weighted by atomic mass is 10.0. The van der Waals surface area contributed by atoms with E-state index in [0.29, 0.717) is 5.92 Å². The van der Waals surface area contributed by atoms with E-state index < -0.39 is 5.97 Å². The molecule has 1 rings (SSSR count). The van der Waals surface area contributed by atoms with Crippen molar-refractivity contribution in [2.24, 2.45) is 5.92 Å². The third kappa shape index (κ3) is 4.77. The molecule has 5 nitrogen and oxygen atoms in total. The van der Waals surface area contributed by atoms with Crippen molar-refractivity contribution in [2.45, 2.75) is 46.2 Å². The van der Waals surface area contributed by atoms with Gasteiger partial charge in [0.2, 0.25) is 5.91 Å². The first-order chi connectivity index (χ1) is 8.93. The number of carboxylic acid groups (broad SMARTS) is 1. The number of nitrogens with zero attached hydrogens (tertiary/aromatic N) is 1. The quantitative estimate of drug-likeness (QED) is 0.794. The van der Waals surface area contributed by atoms with Crippen LogP contribution in [-0.2, 0) is 11.3 Å². The van der Waals surface area contributed by atoms with Crippen LogP contribution in [0.3, 0.4) is 0 Å². The first-order valence-electron chi connectivity index (χ1n) is 6.61. The lowest BCUT2D eigenvalue weighted by Gasteiger charge is -2.18. The van der Waals surface area contributed by atoms with Crippen LogP contribution in [0.4, 0.5) is 0 Å². The molecule has 0 aliphatic rings. The van der Waals surface area contributed by atoms with Crippen LogP contribution in [0.1, 0.15) is 44.1 Å². The van der Waals surface area contributed by atoms with Crippen LogP contribution in [0, 0.1) is 5.92 Å². The topological polar surface area (TPSA) is 71.3 Å². The summed E-state index contributed by atoms with van der Waals surface area (Å²) >= 11 is 0. The zero-order valence-electron chi connectivity index (χ0n) is 11.7. The second-order valence-corrected chi connectivity index (χ2v) is 5.04. The van der Waals surface area contributed by atoms with E-state index in [2.05, 4.69) is 19.2 Å². The Bertz CT molecular complexity index is 440. The largest absolute Gasteiger partial charge is 0.477 e. The summed E-state index contributed by atoms with van der Waals surface area (Å²) in [7, 11) is 0. The summed E-state index contributed by atoms with van der Waals surface area (Å²) in [5.41, 5.74) is 0.129. The molecule has 1 amide bonds. The maximum absolute atomic E-state index is 11.8. The van der Waals surface area contributed by atoms with Crippen LogP contribution < -0.4 is 5.32 Å².